The third-order valence-electron chi connectivity index (χ3n) is 13.5. The van der Waals surface area contributed by atoms with E-state index >= 15 is 0 Å². The summed E-state index contributed by atoms with van der Waals surface area (Å²) in [7, 11) is 0. The lowest BCUT2D eigenvalue weighted by molar-refractivity contribution is 0.659. The summed E-state index contributed by atoms with van der Waals surface area (Å²) in [5.74, 6) is 0. The van der Waals surface area contributed by atoms with Gasteiger partial charge >= 0.3 is 0 Å². The van der Waals surface area contributed by atoms with Gasteiger partial charge in [-0.1, -0.05) is 234 Å². The van der Waals surface area contributed by atoms with E-state index in [4.69, 9.17) is 0 Å². The molecule has 0 nitrogen and oxygen atoms in total. The first-order valence-corrected chi connectivity index (χ1v) is 22.1. The highest BCUT2D eigenvalue weighted by Crippen LogP contribution is 2.56. The standard InChI is InChI=1S/C34H28.C28H24/c1-23-21-31-30(22-29(23)26-17-11-6-12-18-26)32-27(24-13-7-4-8-14-24)19-20-28(33(32)34(31,2)3)25-15-9-5-10-16-25;1-28(2)26-11-7-6-10-24(26)25-17-14-21(19-27(25)28)18-20-12-15-23(16-13-20)22-8-4-3-5-9-22/h4-22H,1-3H3;3-17,19H,18H2,1-2H3. The molecule has 62 heavy (non-hydrogen) atoms. The molecule has 0 heteroatoms. The number of hydrogen-bond donors (Lipinski definition) is 0. The van der Waals surface area contributed by atoms with Gasteiger partial charge in [-0.2, -0.15) is 0 Å². The van der Waals surface area contributed by atoms with Crippen LogP contribution < -0.4 is 0 Å². The van der Waals surface area contributed by atoms with E-state index in [0.29, 0.717) is 0 Å². The molecule has 0 saturated heterocycles. The second-order valence-electron chi connectivity index (χ2n) is 18.1. The van der Waals surface area contributed by atoms with E-state index in [1.165, 1.54) is 106 Å². The van der Waals surface area contributed by atoms with Gasteiger partial charge in [-0.3, -0.25) is 0 Å². The molecule has 2 aliphatic carbocycles. The molecular weight excluding hydrogens is 745 g/mol. The molecule has 0 spiro atoms. The fraction of sp³-hybridized carbons (Fsp3) is 0.129. The van der Waals surface area contributed by atoms with Gasteiger partial charge in [0.1, 0.15) is 0 Å². The summed E-state index contributed by atoms with van der Waals surface area (Å²) in [5, 5.41) is 0. The minimum absolute atomic E-state index is 0.0686. The Labute approximate surface area is 368 Å². The molecule has 0 N–H and O–H groups in total. The minimum Gasteiger partial charge on any atom is -0.0622 e. The lowest BCUT2D eigenvalue weighted by Crippen LogP contribution is -2.16. The molecule has 11 rings (SSSR count). The molecule has 0 radical (unpaired) electrons. The van der Waals surface area contributed by atoms with Crippen molar-refractivity contribution >= 4 is 0 Å². The minimum atomic E-state index is -0.0966. The van der Waals surface area contributed by atoms with Crippen LogP contribution in [0.25, 0.3) is 66.8 Å². The van der Waals surface area contributed by atoms with Gasteiger partial charge in [0.25, 0.3) is 0 Å². The molecule has 0 unspecified atom stereocenters. The summed E-state index contributed by atoms with van der Waals surface area (Å²) in [4.78, 5) is 0. The van der Waals surface area contributed by atoms with Crippen LogP contribution in [0, 0.1) is 6.92 Å². The summed E-state index contributed by atoms with van der Waals surface area (Å²) < 4.78 is 0. The lowest BCUT2D eigenvalue weighted by atomic mass is 9.77. The van der Waals surface area contributed by atoms with Crippen molar-refractivity contribution in [2.45, 2.75) is 51.9 Å². The smallest absolute Gasteiger partial charge is 0.0165 e. The van der Waals surface area contributed by atoms with Gasteiger partial charge in [0.2, 0.25) is 0 Å². The number of aryl methyl sites for hydroxylation is 1. The molecule has 0 saturated carbocycles. The van der Waals surface area contributed by atoms with Crippen molar-refractivity contribution < 1.29 is 0 Å². The van der Waals surface area contributed by atoms with Crippen LogP contribution in [0.5, 0.6) is 0 Å². The predicted molar refractivity (Wildman–Crippen MR) is 264 cm³/mol. The Balaban J connectivity index is 0.000000151. The van der Waals surface area contributed by atoms with Gasteiger partial charge in [-0.15, -0.1) is 0 Å². The molecule has 0 atom stereocenters. The maximum absolute atomic E-state index is 2.44. The van der Waals surface area contributed by atoms with E-state index in [9.17, 15) is 0 Å². The van der Waals surface area contributed by atoms with E-state index in [1.54, 1.807) is 0 Å². The Morgan fingerprint density at radius 2 is 0.758 bits per heavy atom. The Bertz CT molecular complexity index is 3040. The Morgan fingerprint density at radius 1 is 0.306 bits per heavy atom. The maximum atomic E-state index is 2.44. The van der Waals surface area contributed by atoms with Gasteiger partial charge in [-0.25, -0.2) is 0 Å². The van der Waals surface area contributed by atoms with Crippen LogP contribution in [0.15, 0.2) is 212 Å². The molecular formula is C62H52. The van der Waals surface area contributed by atoms with E-state index in [2.05, 4.69) is 247 Å². The Morgan fingerprint density at radius 3 is 1.39 bits per heavy atom. The van der Waals surface area contributed by atoms with E-state index in [1.807, 2.05) is 0 Å². The third-order valence-corrected chi connectivity index (χ3v) is 13.5. The third kappa shape index (κ3) is 6.91. The number of fused-ring (bicyclic) bond motifs is 6. The van der Waals surface area contributed by atoms with Crippen molar-refractivity contribution in [3.63, 3.8) is 0 Å². The summed E-state index contributed by atoms with van der Waals surface area (Å²) in [5.41, 5.74) is 25.6. The highest BCUT2D eigenvalue weighted by Gasteiger charge is 2.40. The number of benzene rings is 9. The van der Waals surface area contributed by atoms with E-state index in [-0.39, 0.29) is 10.8 Å². The van der Waals surface area contributed by atoms with Crippen molar-refractivity contribution in [3.05, 3.63) is 251 Å². The molecule has 0 fully saturated rings. The predicted octanol–water partition coefficient (Wildman–Crippen LogP) is 16.6. The molecule has 300 valence electrons. The van der Waals surface area contributed by atoms with Crippen LogP contribution in [-0.4, -0.2) is 0 Å². The lowest BCUT2D eigenvalue weighted by Gasteiger charge is -2.26. The first-order valence-electron chi connectivity index (χ1n) is 22.1. The summed E-state index contributed by atoms with van der Waals surface area (Å²) in [6.07, 6.45) is 0.967. The van der Waals surface area contributed by atoms with E-state index in [0.717, 1.165) is 6.42 Å². The average molecular weight is 797 g/mol. The van der Waals surface area contributed by atoms with Crippen LogP contribution in [0.3, 0.4) is 0 Å². The van der Waals surface area contributed by atoms with Crippen LogP contribution in [-0.2, 0) is 17.3 Å². The highest BCUT2D eigenvalue weighted by molar-refractivity contribution is 5.98. The summed E-state index contributed by atoms with van der Waals surface area (Å²) in [6.45, 7) is 11.7. The zero-order valence-electron chi connectivity index (χ0n) is 36.4. The normalized spacial score (nSPS) is 13.6. The van der Waals surface area contributed by atoms with Crippen molar-refractivity contribution in [2.24, 2.45) is 0 Å². The molecule has 0 bridgehead atoms. The SMILES string of the molecule is CC1(C)c2ccccc2-c2ccc(Cc3ccc(-c4ccccc4)cc3)cc21.Cc1cc2c(cc1-c1ccccc1)-c1c(-c3ccccc3)ccc(-c3ccccc3)c1C2(C)C. The van der Waals surface area contributed by atoms with Gasteiger partial charge in [0.15, 0.2) is 0 Å². The topological polar surface area (TPSA) is 0 Å². The summed E-state index contributed by atoms with van der Waals surface area (Å²) >= 11 is 0. The first kappa shape index (κ1) is 39.1. The second kappa shape index (κ2) is 15.8. The van der Waals surface area contributed by atoms with Gasteiger partial charge in [0, 0.05) is 10.8 Å². The van der Waals surface area contributed by atoms with Crippen LogP contribution in [0.4, 0.5) is 0 Å². The largest absolute Gasteiger partial charge is 0.0622 e. The number of rotatable bonds is 6. The fourth-order valence-electron chi connectivity index (χ4n) is 10.3. The van der Waals surface area contributed by atoms with E-state index < -0.39 is 0 Å². The van der Waals surface area contributed by atoms with Crippen LogP contribution >= 0.6 is 0 Å². The Kier molecular flexibility index (Phi) is 9.96. The summed E-state index contributed by atoms with van der Waals surface area (Å²) in [6, 6.07) is 77.4. The number of hydrogen-bond acceptors (Lipinski definition) is 0. The van der Waals surface area contributed by atoms with Crippen molar-refractivity contribution in [3.8, 4) is 66.8 Å². The first-order chi connectivity index (χ1) is 30.2. The molecule has 9 aromatic rings. The quantitative estimate of drug-likeness (QED) is 0.157. The Hall–Kier alpha value is -7.02. The van der Waals surface area contributed by atoms with Crippen molar-refractivity contribution in [1.29, 1.82) is 0 Å². The second-order valence-corrected chi connectivity index (χ2v) is 18.1. The molecule has 0 aromatic heterocycles. The van der Waals surface area contributed by atoms with Gasteiger partial charge in [-0.05, 0) is 125 Å². The fourth-order valence-corrected chi connectivity index (χ4v) is 10.3. The molecule has 9 aromatic carbocycles. The zero-order valence-corrected chi connectivity index (χ0v) is 36.4. The maximum Gasteiger partial charge on any atom is 0.0165 e. The monoisotopic (exact) mass is 796 g/mol. The highest BCUT2D eigenvalue weighted by atomic mass is 14.4. The van der Waals surface area contributed by atoms with Crippen LogP contribution in [0.2, 0.25) is 0 Å². The molecule has 0 amide bonds. The van der Waals surface area contributed by atoms with Crippen molar-refractivity contribution in [2.75, 3.05) is 0 Å². The zero-order chi connectivity index (χ0) is 42.4. The molecule has 0 aliphatic heterocycles. The molecule has 2 aliphatic rings. The van der Waals surface area contributed by atoms with Gasteiger partial charge in [0.05, 0.1) is 0 Å². The van der Waals surface area contributed by atoms with Gasteiger partial charge < -0.3 is 0 Å². The van der Waals surface area contributed by atoms with Crippen LogP contribution in [0.1, 0.15) is 66.6 Å². The molecule has 0 heterocycles. The average Bonchev–Trinajstić information content (AvgIpc) is 3.69. The van der Waals surface area contributed by atoms with Crippen molar-refractivity contribution in [1.82, 2.24) is 0 Å².